The zero-order chi connectivity index (χ0) is 20.6. The Hall–Kier alpha value is -3.09. The fourth-order valence-electron chi connectivity index (χ4n) is 3.06. The van der Waals surface area contributed by atoms with E-state index in [0.717, 1.165) is 24.8 Å². The molecule has 0 aliphatic carbocycles. The van der Waals surface area contributed by atoms with Crippen LogP contribution < -0.4 is 14.8 Å². The van der Waals surface area contributed by atoms with Gasteiger partial charge in [-0.3, -0.25) is 9.59 Å². The number of hydrogen-bond donors (Lipinski definition) is 1. The zero-order valence-electron chi connectivity index (χ0n) is 16.4. The highest BCUT2D eigenvalue weighted by Crippen LogP contribution is 2.32. The van der Waals surface area contributed by atoms with Crippen molar-refractivity contribution in [3.05, 3.63) is 59.4 Å². The van der Waals surface area contributed by atoms with Crippen molar-refractivity contribution >= 4 is 11.8 Å². The predicted octanol–water partition coefficient (Wildman–Crippen LogP) is 3.50. The van der Waals surface area contributed by atoms with Gasteiger partial charge in [0.15, 0.2) is 11.5 Å². The number of fused-ring (bicyclic) bond motifs is 1. The first-order valence-corrected chi connectivity index (χ1v) is 9.77. The van der Waals surface area contributed by atoms with Crippen LogP contribution in [0.3, 0.4) is 0 Å². The van der Waals surface area contributed by atoms with Gasteiger partial charge in [0.2, 0.25) is 12.7 Å². The van der Waals surface area contributed by atoms with E-state index in [4.69, 9.17) is 9.47 Å². The summed E-state index contributed by atoms with van der Waals surface area (Å²) in [5.41, 5.74) is 1.25. The van der Waals surface area contributed by atoms with Gasteiger partial charge in [-0.05, 0) is 42.3 Å². The van der Waals surface area contributed by atoms with Crippen LogP contribution in [0.15, 0.2) is 42.5 Å². The van der Waals surface area contributed by atoms with Crippen molar-refractivity contribution in [3.8, 4) is 11.5 Å². The van der Waals surface area contributed by atoms with Gasteiger partial charge in [-0.25, -0.2) is 4.39 Å². The molecule has 2 aromatic carbocycles. The fraction of sp³-hybridized carbons (Fsp3) is 0.364. The molecule has 1 aliphatic rings. The average molecular weight is 400 g/mol. The Labute approximate surface area is 169 Å². The van der Waals surface area contributed by atoms with Crippen molar-refractivity contribution in [2.45, 2.75) is 32.7 Å². The molecule has 2 amide bonds. The van der Waals surface area contributed by atoms with Gasteiger partial charge in [0.1, 0.15) is 5.82 Å². The molecule has 1 aliphatic heterocycles. The second-order valence-corrected chi connectivity index (χ2v) is 6.90. The summed E-state index contributed by atoms with van der Waals surface area (Å²) in [6.45, 7) is 3.08. The summed E-state index contributed by atoms with van der Waals surface area (Å²) in [6.07, 6.45) is 2.93. The van der Waals surface area contributed by atoms with Crippen molar-refractivity contribution in [1.82, 2.24) is 10.2 Å². The van der Waals surface area contributed by atoms with Crippen molar-refractivity contribution in [3.63, 3.8) is 0 Å². The minimum atomic E-state index is -0.355. The maximum absolute atomic E-state index is 13.1. The summed E-state index contributed by atoms with van der Waals surface area (Å²) >= 11 is 0. The van der Waals surface area contributed by atoms with Gasteiger partial charge in [-0.15, -0.1) is 0 Å². The maximum atomic E-state index is 13.1. The molecule has 2 aromatic rings. The topological polar surface area (TPSA) is 67.9 Å². The van der Waals surface area contributed by atoms with E-state index >= 15 is 0 Å². The molecule has 154 valence electrons. The van der Waals surface area contributed by atoms with Crippen LogP contribution in [0.1, 0.15) is 42.1 Å². The lowest BCUT2D eigenvalue weighted by Gasteiger charge is -2.23. The summed E-state index contributed by atoms with van der Waals surface area (Å²) in [5, 5.41) is 2.67. The highest BCUT2D eigenvalue weighted by atomic mass is 19.1. The quantitative estimate of drug-likeness (QED) is 0.654. The summed E-state index contributed by atoms with van der Waals surface area (Å²) < 4.78 is 23.7. The van der Waals surface area contributed by atoms with E-state index in [0.29, 0.717) is 30.2 Å². The normalized spacial score (nSPS) is 11.9. The third-order valence-electron chi connectivity index (χ3n) is 4.71. The number of rotatable bonds is 9. The van der Waals surface area contributed by atoms with Crippen LogP contribution in [-0.4, -0.2) is 36.6 Å². The number of carbonyl (C=O) groups is 2. The summed E-state index contributed by atoms with van der Waals surface area (Å²) in [7, 11) is 0. The Bertz CT molecular complexity index is 854. The molecular weight excluding hydrogens is 375 g/mol. The summed E-state index contributed by atoms with van der Waals surface area (Å²) in [5.74, 6) is 0.264. The number of carbonyl (C=O) groups excluding carboxylic acids is 2. The van der Waals surface area contributed by atoms with Crippen LogP contribution in [0.5, 0.6) is 11.5 Å². The van der Waals surface area contributed by atoms with Crippen LogP contribution in [0.25, 0.3) is 0 Å². The van der Waals surface area contributed by atoms with Gasteiger partial charge in [0.05, 0.1) is 6.54 Å². The molecule has 0 aromatic heterocycles. The Balaban J connectivity index is 1.59. The summed E-state index contributed by atoms with van der Waals surface area (Å²) in [6, 6.07) is 11.0. The van der Waals surface area contributed by atoms with Crippen LogP contribution in [0.4, 0.5) is 4.39 Å². The van der Waals surface area contributed by atoms with Gasteiger partial charge >= 0.3 is 0 Å². The molecule has 7 heteroatoms. The maximum Gasteiger partial charge on any atom is 0.251 e. The standard InChI is InChI=1S/C22H25FN2O4/c1-2-3-4-11-25(14-16-5-8-18(23)9-6-16)21(26)13-24-22(27)17-7-10-19-20(12-17)29-15-28-19/h5-10,12H,2-4,11,13-15H2,1H3,(H,24,27). The SMILES string of the molecule is CCCCCN(Cc1ccc(F)cc1)C(=O)CNC(=O)c1ccc2c(c1)OCO2. The van der Waals surface area contributed by atoms with E-state index < -0.39 is 0 Å². The first-order valence-electron chi connectivity index (χ1n) is 9.77. The van der Waals surface area contributed by atoms with Crippen LogP contribution in [0.2, 0.25) is 0 Å². The smallest absolute Gasteiger partial charge is 0.251 e. The van der Waals surface area contributed by atoms with Gasteiger partial charge < -0.3 is 19.7 Å². The van der Waals surface area contributed by atoms with E-state index in [2.05, 4.69) is 12.2 Å². The first kappa shape index (κ1) is 20.6. The number of halogens is 1. The lowest BCUT2D eigenvalue weighted by atomic mass is 10.1. The number of benzene rings is 2. The van der Waals surface area contributed by atoms with Gasteiger partial charge in [-0.1, -0.05) is 31.9 Å². The van der Waals surface area contributed by atoms with Gasteiger partial charge in [0, 0.05) is 18.7 Å². The van der Waals surface area contributed by atoms with E-state index in [-0.39, 0.29) is 31.0 Å². The van der Waals surface area contributed by atoms with E-state index in [9.17, 15) is 14.0 Å². The average Bonchev–Trinajstić information content (AvgIpc) is 3.20. The molecule has 0 saturated carbocycles. The summed E-state index contributed by atoms with van der Waals surface area (Å²) in [4.78, 5) is 26.8. The second kappa shape index (κ2) is 9.91. The van der Waals surface area contributed by atoms with E-state index in [1.807, 2.05) is 0 Å². The molecule has 0 saturated heterocycles. The monoisotopic (exact) mass is 400 g/mol. The van der Waals surface area contributed by atoms with E-state index in [1.165, 1.54) is 12.1 Å². The Morgan fingerprint density at radius 2 is 1.83 bits per heavy atom. The Morgan fingerprint density at radius 3 is 2.59 bits per heavy atom. The number of nitrogens with one attached hydrogen (secondary N) is 1. The van der Waals surface area contributed by atoms with Crippen molar-refractivity contribution in [2.24, 2.45) is 0 Å². The minimum Gasteiger partial charge on any atom is -0.454 e. The highest BCUT2D eigenvalue weighted by molar-refractivity contribution is 5.97. The van der Waals surface area contributed by atoms with Gasteiger partial charge in [0.25, 0.3) is 5.91 Å². The molecule has 0 bridgehead atoms. The molecule has 0 radical (unpaired) electrons. The van der Waals surface area contributed by atoms with Crippen molar-refractivity contribution in [2.75, 3.05) is 19.9 Å². The predicted molar refractivity (Wildman–Crippen MR) is 106 cm³/mol. The number of ether oxygens (including phenoxy) is 2. The van der Waals surface area contributed by atoms with E-state index in [1.54, 1.807) is 35.2 Å². The Kier molecular flexibility index (Phi) is 7.05. The van der Waals surface area contributed by atoms with Crippen molar-refractivity contribution < 1.29 is 23.5 Å². The lowest BCUT2D eigenvalue weighted by molar-refractivity contribution is -0.130. The molecule has 3 rings (SSSR count). The minimum absolute atomic E-state index is 0.111. The molecule has 1 heterocycles. The fourth-order valence-corrected chi connectivity index (χ4v) is 3.06. The van der Waals surface area contributed by atoms with Crippen LogP contribution >= 0.6 is 0 Å². The van der Waals surface area contributed by atoms with Crippen LogP contribution in [0, 0.1) is 5.82 Å². The number of nitrogens with zero attached hydrogens (tertiary/aromatic N) is 1. The Morgan fingerprint density at radius 1 is 1.07 bits per heavy atom. The first-order chi connectivity index (χ1) is 14.1. The molecule has 0 fully saturated rings. The second-order valence-electron chi connectivity index (χ2n) is 6.90. The molecule has 0 spiro atoms. The molecule has 0 unspecified atom stereocenters. The molecule has 29 heavy (non-hydrogen) atoms. The molecule has 6 nitrogen and oxygen atoms in total. The number of unbranched alkanes of at least 4 members (excludes halogenated alkanes) is 2. The highest BCUT2D eigenvalue weighted by Gasteiger charge is 2.18. The largest absolute Gasteiger partial charge is 0.454 e. The number of amides is 2. The third-order valence-corrected chi connectivity index (χ3v) is 4.71. The molecular formula is C22H25FN2O4. The zero-order valence-corrected chi connectivity index (χ0v) is 16.4. The number of hydrogen-bond acceptors (Lipinski definition) is 4. The molecule has 0 atom stereocenters. The van der Waals surface area contributed by atoms with Gasteiger partial charge in [-0.2, -0.15) is 0 Å². The molecule has 1 N–H and O–H groups in total. The third kappa shape index (κ3) is 5.70. The lowest BCUT2D eigenvalue weighted by Crippen LogP contribution is -2.40. The van der Waals surface area contributed by atoms with Crippen molar-refractivity contribution in [1.29, 1.82) is 0 Å². The van der Waals surface area contributed by atoms with Crippen LogP contribution in [-0.2, 0) is 11.3 Å².